The summed E-state index contributed by atoms with van der Waals surface area (Å²) in [7, 11) is -4.99. The summed E-state index contributed by atoms with van der Waals surface area (Å²) in [5, 5.41) is -1.54. The molecule has 0 saturated heterocycles. The van der Waals surface area contributed by atoms with Crippen molar-refractivity contribution in [2.45, 2.75) is 25.3 Å². The zero-order valence-corrected chi connectivity index (χ0v) is 8.01. The van der Waals surface area contributed by atoms with E-state index in [1.807, 2.05) is 0 Å². The first-order valence-electron chi connectivity index (χ1n) is 3.37. The normalized spacial score (nSPS) is 13.1. The van der Waals surface area contributed by atoms with Gasteiger partial charge in [-0.3, -0.25) is 0 Å². The quantitative estimate of drug-likeness (QED) is 0.692. The van der Waals surface area contributed by atoms with Gasteiger partial charge in [0.25, 0.3) is 6.08 Å². The molecule has 0 aliphatic heterocycles. The van der Waals surface area contributed by atoms with Crippen LogP contribution in [0.3, 0.4) is 0 Å². The highest BCUT2D eigenvalue weighted by molar-refractivity contribution is 7.95. The van der Waals surface area contributed by atoms with Gasteiger partial charge in [-0.25, -0.2) is 8.42 Å². The summed E-state index contributed by atoms with van der Waals surface area (Å²) in [5.74, 6) is 0. The molecule has 84 valence electrons. The van der Waals surface area contributed by atoms with Gasteiger partial charge in [-0.1, -0.05) is 0 Å². The lowest BCUT2D eigenvalue weighted by molar-refractivity contribution is -0.0875. The standard InChI is InChI=1S/C6H7F5O2S/c1-3(2)14(12,13)4(5(7)8)6(9,10)11/h3H,1-2H3. The van der Waals surface area contributed by atoms with Gasteiger partial charge in [-0.15, -0.1) is 0 Å². The van der Waals surface area contributed by atoms with Crippen molar-refractivity contribution in [3.05, 3.63) is 11.0 Å². The van der Waals surface area contributed by atoms with Gasteiger partial charge in [0.05, 0.1) is 5.25 Å². The Hall–Kier alpha value is -0.660. The van der Waals surface area contributed by atoms with Gasteiger partial charge in [-0.2, -0.15) is 22.0 Å². The average Bonchev–Trinajstić information content (AvgIpc) is 1.79. The molecule has 0 unspecified atom stereocenters. The van der Waals surface area contributed by atoms with E-state index in [4.69, 9.17) is 0 Å². The molecule has 0 rings (SSSR count). The number of hydrogen-bond acceptors (Lipinski definition) is 2. The monoisotopic (exact) mass is 238 g/mol. The zero-order chi connectivity index (χ0) is 11.7. The highest BCUT2D eigenvalue weighted by atomic mass is 32.2. The summed E-state index contributed by atoms with van der Waals surface area (Å²) in [5.41, 5.74) is 0. The Labute approximate surface area is 77.3 Å². The first-order valence-corrected chi connectivity index (χ1v) is 4.92. The summed E-state index contributed by atoms with van der Waals surface area (Å²) in [6, 6.07) is 0. The van der Waals surface area contributed by atoms with Crippen molar-refractivity contribution in [3.8, 4) is 0 Å². The van der Waals surface area contributed by atoms with E-state index in [2.05, 4.69) is 0 Å². The first kappa shape index (κ1) is 13.3. The van der Waals surface area contributed by atoms with Gasteiger partial charge in [0, 0.05) is 0 Å². The van der Waals surface area contributed by atoms with Gasteiger partial charge >= 0.3 is 6.18 Å². The van der Waals surface area contributed by atoms with Crippen molar-refractivity contribution >= 4 is 9.84 Å². The maximum absolute atomic E-state index is 11.9. The minimum absolute atomic E-state index is 0.893. The molecular formula is C6H7F5O2S. The second kappa shape index (κ2) is 3.84. The zero-order valence-electron chi connectivity index (χ0n) is 7.19. The maximum Gasteiger partial charge on any atom is 0.432 e. The second-order valence-corrected chi connectivity index (χ2v) is 5.12. The van der Waals surface area contributed by atoms with Crippen LogP contribution in [0.25, 0.3) is 0 Å². The molecule has 0 aromatic heterocycles. The van der Waals surface area contributed by atoms with Crippen LogP contribution in [-0.4, -0.2) is 19.8 Å². The third-order valence-electron chi connectivity index (χ3n) is 1.33. The van der Waals surface area contributed by atoms with Crippen LogP contribution in [0.5, 0.6) is 0 Å². The van der Waals surface area contributed by atoms with E-state index >= 15 is 0 Å². The van der Waals surface area contributed by atoms with Crippen molar-refractivity contribution < 1.29 is 30.4 Å². The third kappa shape index (κ3) is 2.66. The summed E-state index contributed by atoms with van der Waals surface area (Å²) >= 11 is 0. The average molecular weight is 238 g/mol. The smallest absolute Gasteiger partial charge is 0.223 e. The molecule has 0 fully saturated rings. The summed E-state index contributed by atoms with van der Waals surface area (Å²) in [6.07, 6.45) is -8.78. The first-order chi connectivity index (χ1) is 6.01. The number of allylic oxidation sites excluding steroid dienone is 1. The molecule has 0 saturated carbocycles. The lowest BCUT2D eigenvalue weighted by atomic mass is 10.6. The molecule has 0 spiro atoms. The third-order valence-corrected chi connectivity index (χ3v) is 3.53. The minimum atomic E-state index is -5.55. The summed E-state index contributed by atoms with van der Waals surface area (Å²) < 4.78 is 81.1. The minimum Gasteiger partial charge on any atom is -0.223 e. The molecule has 0 heterocycles. The Morgan fingerprint density at radius 1 is 1.14 bits per heavy atom. The SMILES string of the molecule is CC(C)S(=O)(=O)C(=C(F)F)C(F)(F)F. The topological polar surface area (TPSA) is 34.1 Å². The van der Waals surface area contributed by atoms with Crippen LogP contribution >= 0.6 is 0 Å². The van der Waals surface area contributed by atoms with E-state index in [1.54, 1.807) is 0 Å². The molecule has 0 atom stereocenters. The van der Waals surface area contributed by atoms with Gasteiger partial charge in [0.15, 0.2) is 9.84 Å². The van der Waals surface area contributed by atoms with Gasteiger partial charge < -0.3 is 0 Å². The van der Waals surface area contributed by atoms with Crippen LogP contribution in [0.4, 0.5) is 22.0 Å². The molecule has 0 bridgehead atoms. The predicted octanol–water partition coefficient (Wildman–Crippen LogP) is 2.48. The molecule has 0 aliphatic rings. The molecule has 0 aromatic carbocycles. The van der Waals surface area contributed by atoms with Crippen molar-refractivity contribution in [3.63, 3.8) is 0 Å². The van der Waals surface area contributed by atoms with Gasteiger partial charge in [0.2, 0.25) is 4.91 Å². The van der Waals surface area contributed by atoms with Crippen LogP contribution in [0.15, 0.2) is 11.0 Å². The predicted molar refractivity (Wildman–Crippen MR) is 39.4 cm³/mol. The Morgan fingerprint density at radius 2 is 1.50 bits per heavy atom. The molecule has 0 aromatic rings. The van der Waals surface area contributed by atoms with E-state index in [0.29, 0.717) is 0 Å². The van der Waals surface area contributed by atoms with Crippen LogP contribution < -0.4 is 0 Å². The second-order valence-electron chi connectivity index (χ2n) is 2.68. The molecule has 2 nitrogen and oxygen atoms in total. The van der Waals surface area contributed by atoms with Gasteiger partial charge in [0.1, 0.15) is 0 Å². The number of hydrogen-bond donors (Lipinski definition) is 0. The highest BCUT2D eigenvalue weighted by Crippen LogP contribution is 2.35. The van der Waals surface area contributed by atoms with E-state index in [-0.39, 0.29) is 0 Å². The molecule has 8 heteroatoms. The van der Waals surface area contributed by atoms with Gasteiger partial charge in [-0.05, 0) is 13.8 Å². The number of rotatable bonds is 2. The van der Waals surface area contributed by atoms with Crippen molar-refractivity contribution in [2.75, 3.05) is 0 Å². The highest BCUT2D eigenvalue weighted by Gasteiger charge is 2.47. The molecule has 0 N–H and O–H groups in total. The number of halogens is 5. The molecule has 14 heavy (non-hydrogen) atoms. The van der Waals surface area contributed by atoms with E-state index in [0.717, 1.165) is 13.8 Å². The fourth-order valence-electron chi connectivity index (χ4n) is 0.612. The van der Waals surface area contributed by atoms with Crippen LogP contribution in [0.2, 0.25) is 0 Å². The fourth-order valence-corrected chi connectivity index (χ4v) is 1.62. The number of sulfone groups is 1. The lowest BCUT2D eigenvalue weighted by Crippen LogP contribution is -2.27. The van der Waals surface area contributed by atoms with Crippen LogP contribution in [0, 0.1) is 0 Å². The number of alkyl halides is 3. The Kier molecular flexibility index (Phi) is 3.65. The van der Waals surface area contributed by atoms with Crippen molar-refractivity contribution in [2.24, 2.45) is 0 Å². The summed E-state index contributed by atoms with van der Waals surface area (Å²) in [6.45, 7) is 1.79. The van der Waals surface area contributed by atoms with E-state index in [1.165, 1.54) is 0 Å². The maximum atomic E-state index is 11.9. The van der Waals surface area contributed by atoms with Crippen molar-refractivity contribution in [1.29, 1.82) is 0 Å². The van der Waals surface area contributed by atoms with E-state index < -0.39 is 32.2 Å². The largest absolute Gasteiger partial charge is 0.432 e. The fraction of sp³-hybridized carbons (Fsp3) is 0.667. The van der Waals surface area contributed by atoms with Crippen molar-refractivity contribution in [1.82, 2.24) is 0 Å². The van der Waals surface area contributed by atoms with Crippen LogP contribution in [-0.2, 0) is 9.84 Å². The molecular weight excluding hydrogens is 231 g/mol. The Morgan fingerprint density at radius 3 is 1.57 bits per heavy atom. The summed E-state index contributed by atoms with van der Waals surface area (Å²) in [4.78, 5) is -2.75. The lowest BCUT2D eigenvalue weighted by Gasteiger charge is -2.13. The van der Waals surface area contributed by atoms with Crippen LogP contribution in [0.1, 0.15) is 13.8 Å². The molecule has 0 amide bonds. The Balaban J connectivity index is 5.66. The molecule has 0 radical (unpaired) electrons. The van der Waals surface area contributed by atoms with E-state index in [9.17, 15) is 30.4 Å². The molecule has 0 aliphatic carbocycles. The Bertz CT molecular complexity index is 334.